The Labute approximate surface area is 122 Å². The number of halogens is 1. The summed E-state index contributed by atoms with van der Waals surface area (Å²) in [5.74, 6) is -0.0474. The van der Waals surface area contributed by atoms with Crippen molar-refractivity contribution in [2.45, 2.75) is 35.8 Å². The summed E-state index contributed by atoms with van der Waals surface area (Å²) in [5.41, 5.74) is 3.74. The number of aromatic nitrogens is 1. The highest BCUT2D eigenvalue weighted by atomic mass is 32.2. The standard InChI is InChI=1S/C16H19FN2S/c1-19-6-4-11-12-8-13(17)16(20-10-2-3-10)9-15(12)18-14(11)5-7-19/h8-10,18H,2-7H2,1H3. The van der Waals surface area contributed by atoms with Crippen molar-refractivity contribution in [2.75, 3.05) is 20.1 Å². The average molecular weight is 290 g/mol. The molecule has 1 aliphatic carbocycles. The minimum atomic E-state index is -0.0474. The summed E-state index contributed by atoms with van der Waals surface area (Å²) in [7, 11) is 2.15. The summed E-state index contributed by atoms with van der Waals surface area (Å²) in [5, 5.41) is 1.73. The first-order chi connectivity index (χ1) is 9.70. The van der Waals surface area contributed by atoms with Crippen LogP contribution in [-0.2, 0) is 12.8 Å². The van der Waals surface area contributed by atoms with Crippen molar-refractivity contribution >= 4 is 22.7 Å². The van der Waals surface area contributed by atoms with Gasteiger partial charge in [-0.1, -0.05) is 0 Å². The van der Waals surface area contributed by atoms with Gasteiger partial charge in [0.15, 0.2) is 0 Å². The minimum Gasteiger partial charge on any atom is -0.358 e. The maximum Gasteiger partial charge on any atom is 0.137 e. The lowest BCUT2D eigenvalue weighted by molar-refractivity contribution is 0.352. The van der Waals surface area contributed by atoms with Gasteiger partial charge in [0.25, 0.3) is 0 Å². The van der Waals surface area contributed by atoms with Gasteiger partial charge in [0, 0.05) is 46.3 Å². The summed E-state index contributed by atoms with van der Waals surface area (Å²) < 4.78 is 14.3. The lowest BCUT2D eigenvalue weighted by Crippen LogP contribution is -2.21. The van der Waals surface area contributed by atoms with E-state index in [-0.39, 0.29) is 5.82 Å². The van der Waals surface area contributed by atoms with Gasteiger partial charge in [0.05, 0.1) is 0 Å². The fourth-order valence-corrected chi connectivity index (χ4v) is 4.07. The lowest BCUT2D eigenvalue weighted by Gasteiger charge is -2.11. The lowest BCUT2D eigenvalue weighted by atomic mass is 10.1. The van der Waals surface area contributed by atoms with Crippen LogP contribution < -0.4 is 0 Å². The number of benzene rings is 1. The molecule has 1 aromatic carbocycles. The first-order valence-electron chi connectivity index (χ1n) is 7.39. The zero-order chi connectivity index (χ0) is 13.7. The molecule has 1 N–H and O–H groups in total. The highest BCUT2D eigenvalue weighted by Crippen LogP contribution is 2.41. The highest BCUT2D eigenvalue weighted by Gasteiger charge is 2.25. The largest absolute Gasteiger partial charge is 0.358 e. The number of H-pyrrole nitrogens is 1. The molecule has 2 nitrogen and oxygen atoms in total. The average Bonchev–Trinajstić information content (AvgIpc) is 3.19. The van der Waals surface area contributed by atoms with Gasteiger partial charge in [0.2, 0.25) is 0 Å². The number of hydrogen-bond acceptors (Lipinski definition) is 2. The van der Waals surface area contributed by atoms with Gasteiger partial charge in [-0.3, -0.25) is 0 Å². The number of nitrogens with one attached hydrogen (secondary N) is 1. The van der Waals surface area contributed by atoms with E-state index in [1.54, 1.807) is 17.8 Å². The Morgan fingerprint density at radius 2 is 2.05 bits per heavy atom. The van der Waals surface area contributed by atoms with Crippen LogP contribution in [0.25, 0.3) is 10.9 Å². The first-order valence-corrected chi connectivity index (χ1v) is 8.27. The molecular formula is C16H19FN2S. The molecule has 0 amide bonds. The molecule has 106 valence electrons. The molecule has 0 atom stereocenters. The summed E-state index contributed by atoms with van der Waals surface area (Å²) in [6.07, 6.45) is 4.51. The van der Waals surface area contributed by atoms with Crippen LogP contribution in [0.4, 0.5) is 4.39 Å². The number of aromatic amines is 1. The summed E-state index contributed by atoms with van der Waals surface area (Å²) in [6.45, 7) is 2.13. The van der Waals surface area contributed by atoms with Gasteiger partial charge in [-0.2, -0.15) is 0 Å². The molecule has 1 aliphatic heterocycles. The number of thioether (sulfide) groups is 1. The second-order valence-electron chi connectivity index (χ2n) is 6.03. The van der Waals surface area contributed by atoms with Gasteiger partial charge < -0.3 is 9.88 Å². The Hall–Kier alpha value is -1.00. The van der Waals surface area contributed by atoms with E-state index < -0.39 is 0 Å². The first kappa shape index (κ1) is 12.7. The van der Waals surface area contributed by atoms with Crippen LogP contribution in [0.2, 0.25) is 0 Å². The quantitative estimate of drug-likeness (QED) is 0.911. The van der Waals surface area contributed by atoms with E-state index in [2.05, 4.69) is 16.9 Å². The molecular weight excluding hydrogens is 271 g/mol. The minimum absolute atomic E-state index is 0.0474. The Morgan fingerprint density at radius 3 is 2.85 bits per heavy atom. The van der Waals surface area contributed by atoms with E-state index in [9.17, 15) is 4.39 Å². The zero-order valence-electron chi connectivity index (χ0n) is 11.7. The maximum absolute atomic E-state index is 14.3. The molecule has 20 heavy (non-hydrogen) atoms. The smallest absolute Gasteiger partial charge is 0.137 e. The summed E-state index contributed by atoms with van der Waals surface area (Å²) in [6, 6.07) is 3.77. The van der Waals surface area contributed by atoms with Gasteiger partial charge in [-0.15, -0.1) is 11.8 Å². The fraction of sp³-hybridized carbons (Fsp3) is 0.500. The molecule has 2 heterocycles. The molecule has 1 fully saturated rings. The van der Waals surface area contributed by atoms with E-state index in [0.717, 1.165) is 41.7 Å². The van der Waals surface area contributed by atoms with E-state index in [4.69, 9.17) is 0 Å². The summed E-state index contributed by atoms with van der Waals surface area (Å²) in [4.78, 5) is 6.69. The fourth-order valence-electron chi connectivity index (χ4n) is 2.98. The second kappa shape index (κ2) is 4.78. The van der Waals surface area contributed by atoms with Gasteiger partial charge in [0.1, 0.15) is 5.82 Å². The number of hydrogen-bond donors (Lipinski definition) is 1. The van der Waals surface area contributed by atoms with Crippen molar-refractivity contribution in [3.8, 4) is 0 Å². The van der Waals surface area contributed by atoms with Crippen molar-refractivity contribution < 1.29 is 4.39 Å². The molecule has 0 unspecified atom stereocenters. The van der Waals surface area contributed by atoms with E-state index in [0.29, 0.717) is 5.25 Å². The van der Waals surface area contributed by atoms with Crippen LogP contribution in [0.1, 0.15) is 24.1 Å². The van der Waals surface area contributed by atoms with Gasteiger partial charge in [-0.25, -0.2) is 4.39 Å². The molecule has 0 radical (unpaired) electrons. The number of rotatable bonds is 2. The molecule has 1 aromatic heterocycles. The maximum atomic E-state index is 14.3. The third-order valence-corrected chi connectivity index (χ3v) is 5.72. The molecule has 0 bridgehead atoms. The molecule has 0 spiro atoms. The zero-order valence-corrected chi connectivity index (χ0v) is 12.5. The third kappa shape index (κ3) is 2.25. The molecule has 1 saturated carbocycles. The second-order valence-corrected chi connectivity index (χ2v) is 7.37. The Bertz CT molecular complexity index is 660. The summed E-state index contributed by atoms with van der Waals surface area (Å²) >= 11 is 1.70. The number of nitrogens with zero attached hydrogens (tertiary/aromatic N) is 1. The van der Waals surface area contributed by atoms with Gasteiger partial charge >= 0.3 is 0 Å². The van der Waals surface area contributed by atoms with Crippen LogP contribution >= 0.6 is 11.8 Å². The predicted octanol–water partition coefficient (Wildman–Crippen LogP) is 3.59. The Kier molecular flexibility index (Phi) is 3.04. The predicted molar refractivity (Wildman–Crippen MR) is 82.0 cm³/mol. The molecule has 2 aromatic rings. The van der Waals surface area contributed by atoms with Crippen molar-refractivity contribution in [2.24, 2.45) is 0 Å². The van der Waals surface area contributed by atoms with Crippen molar-refractivity contribution in [1.82, 2.24) is 9.88 Å². The number of likely N-dealkylation sites (N-methyl/N-ethyl adjacent to an activating group) is 1. The molecule has 0 saturated heterocycles. The molecule has 2 aliphatic rings. The van der Waals surface area contributed by atoms with Crippen LogP contribution in [0, 0.1) is 5.82 Å². The van der Waals surface area contributed by atoms with E-state index in [1.165, 1.54) is 24.1 Å². The van der Waals surface area contributed by atoms with Crippen molar-refractivity contribution in [3.05, 3.63) is 29.2 Å². The molecule has 4 heteroatoms. The van der Waals surface area contributed by atoms with E-state index in [1.807, 2.05) is 6.07 Å². The Balaban J connectivity index is 1.77. The number of fused-ring (bicyclic) bond motifs is 3. The molecule has 4 rings (SSSR count). The van der Waals surface area contributed by atoms with Crippen LogP contribution in [0.3, 0.4) is 0 Å². The SMILES string of the molecule is CN1CCc2[nH]c3cc(SC4CC4)c(F)cc3c2CC1. The monoisotopic (exact) mass is 290 g/mol. The van der Waals surface area contributed by atoms with E-state index >= 15 is 0 Å². The van der Waals surface area contributed by atoms with Crippen LogP contribution in [0.5, 0.6) is 0 Å². The van der Waals surface area contributed by atoms with Crippen LogP contribution in [0.15, 0.2) is 17.0 Å². The topological polar surface area (TPSA) is 19.0 Å². The normalized spacial score (nSPS) is 20.1. The van der Waals surface area contributed by atoms with Crippen molar-refractivity contribution in [1.29, 1.82) is 0 Å². The van der Waals surface area contributed by atoms with Crippen molar-refractivity contribution in [3.63, 3.8) is 0 Å². The third-order valence-electron chi connectivity index (χ3n) is 4.35. The van der Waals surface area contributed by atoms with Crippen LogP contribution in [-0.4, -0.2) is 35.3 Å². The Morgan fingerprint density at radius 1 is 1.25 bits per heavy atom. The van der Waals surface area contributed by atoms with Gasteiger partial charge in [-0.05, 0) is 44.0 Å². The highest BCUT2D eigenvalue weighted by molar-refractivity contribution is 8.00.